The maximum absolute atomic E-state index is 4.33. The summed E-state index contributed by atoms with van der Waals surface area (Å²) in [5, 5.41) is 0. The minimum Gasteiger partial charge on any atom is -0.338 e. The molecule has 2 rings (SSSR count). The van der Waals surface area contributed by atoms with Crippen LogP contribution in [0.15, 0.2) is 12.4 Å². The zero-order valence-electron chi connectivity index (χ0n) is 8.20. The van der Waals surface area contributed by atoms with E-state index >= 15 is 0 Å². The summed E-state index contributed by atoms with van der Waals surface area (Å²) in [5.74, 6) is 0.885. The number of anilines is 1. The average molecular weight is 177 g/mol. The Kier molecular flexibility index (Phi) is 2.17. The summed E-state index contributed by atoms with van der Waals surface area (Å²) in [4.78, 5) is 10.9. The molecule has 3 heteroatoms. The Hall–Kier alpha value is -1.12. The molecule has 1 aromatic heterocycles. The Morgan fingerprint density at radius 2 is 2.00 bits per heavy atom. The predicted octanol–water partition coefficient (Wildman–Crippen LogP) is 1.77. The summed E-state index contributed by atoms with van der Waals surface area (Å²) < 4.78 is 0. The summed E-state index contributed by atoms with van der Waals surface area (Å²) in [6.45, 7) is 5.17. The smallest absolute Gasteiger partial charge is 0.225 e. The molecule has 0 aromatic carbocycles. The third-order valence-corrected chi connectivity index (χ3v) is 2.35. The molecule has 0 bridgehead atoms. The molecular weight excluding hydrogens is 162 g/mol. The number of aryl methyl sites for hydroxylation is 1. The molecule has 0 atom stereocenters. The number of hydrogen-bond donors (Lipinski definition) is 0. The Balaban J connectivity index is 2.17. The number of aromatic nitrogens is 2. The standard InChI is InChI=1S/C10H15N3/c1-3-13(9-4-5-9)10-11-6-8(2)7-12-10/h6-7,9H,3-5H2,1-2H3. The highest BCUT2D eigenvalue weighted by Gasteiger charge is 2.29. The van der Waals surface area contributed by atoms with E-state index in [1.54, 1.807) is 0 Å². The Morgan fingerprint density at radius 1 is 1.38 bits per heavy atom. The number of nitrogens with zero attached hydrogens (tertiary/aromatic N) is 3. The van der Waals surface area contributed by atoms with Gasteiger partial charge >= 0.3 is 0 Å². The molecule has 1 aliphatic rings. The van der Waals surface area contributed by atoms with Crippen molar-refractivity contribution in [1.82, 2.24) is 9.97 Å². The lowest BCUT2D eigenvalue weighted by atomic mass is 10.4. The topological polar surface area (TPSA) is 29.0 Å². The normalized spacial score (nSPS) is 15.8. The van der Waals surface area contributed by atoms with Crippen molar-refractivity contribution >= 4 is 5.95 Å². The molecule has 0 aliphatic heterocycles. The molecule has 0 amide bonds. The second-order valence-corrected chi connectivity index (χ2v) is 3.58. The van der Waals surface area contributed by atoms with E-state index in [0.717, 1.165) is 18.1 Å². The van der Waals surface area contributed by atoms with Gasteiger partial charge in [0.15, 0.2) is 0 Å². The Bertz CT molecular complexity index is 277. The molecule has 0 saturated heterocycles. The lowest BCUT2D eigenvalue weighted by molar-refractivity contribution is 0.785. The highest BCUT2D eigenvalue weighted by molar-refractivity contribution is 5.33. The summed E-state index contributed by atoms with van der Waals surface area (Å²) in [7, 11) is 0. The highest BCUT2D eigenvalue weighted by Crippen LogP contribution is 2.28. The quantitative estimate of drug-likeness (QED) is 0.704. The van der Waals surface area contributed by atoms with Gasteiger partial charge in [-0.1, -0.05) is 0 Å². The van der Waals surface area contributed by atoms with Crippen LogP contribution in [0.4, 0.5) is 5.95 Å². The van der Waals surface area contributed by atoms with Gasteiger partial charge in [-0.2, -0.15) is 0 Å². The summed E-state index contributed by atoms with van der Waals surface area (Å²) in [6.07, 6.45) is 6.36. The van der Waals surface area contributed by atoms with Crippen molar-refractivity contribution in [3.8, 4) is 0 Å². The van der Waals surface area contributed by atoms with Gasteiger partial charge in [-0.15, -0.1) is 0 Å². The zero-order chi connectivity index (χ0) is 9.26. The molecule has 1 aromatic rings. The minimum absolute atomic E-state index is 0.702. The van der Waals surface area contributed by atoms with E-state index in [9.17, 15) is 0 Å². The van der Waals surface area contributed by atoms with Crippen LogP contribution in [-0.4, -0.2) is 22.6 Å². The van der Waals surface area contributed by atoms with Crippen LogP contribution in [0, 0.1) is 6.92 Å². The van der Waals surface area contributed by atoms with Crippen molar-refractivity contribution in [3.05, 3.63) is 18.0 Å². The van der Waals surface area contributed by atoms with Crippen molar-refractivity contribution in [2.45, 2.75) is 32.7 Å². The van der Waals surface area contributed by atoms with Crippen LogP contribution in [-0.2, 0) is 0 Å². The number of rotatable bonds is 3. The van der Waals surface area contributed by atoms with Gasteiger partial charge in [-0.25, -0.2) is 9.97 Å². The molecule has 1 heterocycles. The molecule has 1 fully saturated rings. The van der Waals surface area contributed by atoms with Gasteiger partial charge in [0.2, 0.25) is 5.95 Å². The van der Waals surface area contributed by atoms with Crippen molar-refractivity contribution in [1.29, 1.82) is 0 Å². The molecule has 3 nitrogen and oxygen atoms in total. The van der Waals surface area contributed by atoms with Gasteiger partial charge in [0, 0.05) is 25.0 Å². The molecule has 1 aliphatic carbocycles. The first-order chi connectivity index (χ1) is 6.31. The molecular formula is C10H15N3. The second kappa shape index (κ2) is 3.32. The van der Waals surface area contributed by atoms with Gasteiger partial charge < -0.3 is 4.90 Å². The predicted molar refractivity (Wildman–Crippen MR) is 52.8 cm³/mol. The fraction of sp³-hybridized carbons (Fsp3) is 0.600. The molecule has 1 saturated carbocycles. The van der Waals surface area contributed by atoms with Crippen molar-refractivity contribution < 1.29 is 0 Å². The van der Waals surface area contributed by atoms with E-state index in [1.807, 2.05) is 19.3 Å². The van der Waals surface area contributed by atoms with Crippen LogP contribution in [0.5, 0.6) is 0 Å². The van der Waals surface area contributed by atoms with E-state index in [2.05, 4.69) is 21.8 Å². The largest absolute Gasteiger partial charge is 0.338 e. The minimum atomic E-state index is 0.702. The van der Waals surface area contributed by atoms with Gasteiger partial charge in [-0.3, -0.25) is 0 Å². The molecule has 13 heavy (non-hydrogen) atoms. The van der Waals surface area contributed by atoms with E-state index < -0.39 is 0 Å². The highest BCUT2D eigenvalue weighted by atomic mass is 15.3. The first kappa shape index (κ1) is 8.48. The maximum atomic E-state index is 4.33. The zero-order valence-corrected chi connectivity index (χ0v) is 8.20. The van der Waals surface area contributed by atoms with E-state index in [0.29, 0.717) is 6.04 Å². The van der Waals surface area contributed by atoms with Crippen LogP contribution in [0.3, 0.4) is 0 Å². The number of hydrogen-bond acceptors (Lipinski definition) is 3. The van der Waals surface area contributed by atoms with E-state index in [4.69, 9.17) is 0 Å². The molecule has 0 spiro atoms. The Morgan fingerprint density at radius 3 is 2.46 bits per heavy atom. The fourth-order valence-electron chi connectivity index (χ4n) is 1.48. The van der Waals surface area contributed by atoms with Crippen LogP contribution in [0.2, 0.25) is 0 Å². The van der Waals surface area contributed by atoms with Crippen molar-refractivity contribution in [2.24, 2.45) is 0 Å². The third kappa shape index (κ3) is 1.79. The van der Waals surface area contributed by atoms with Crippen LogP contribution < -0.4 is 4.90 Å². The first-order valence-electron chi connectivity index (χ1n) is 4.86. The van der Waals surface area contributed by atoms with E-state index in [-0.39, 0.29) is 0 Å². The van der Waals surface area contributed by atoms with Crippen LogP contribution >= 0.6 is 0 Å². The average Bonchev–Trinajstić information content (AvgIpc) is 2.93. The lowest BCUT2D eigenvalue weighted by Crippen LogP contribution is -2.26. The molecule has 70 valence electrons. The monoisotopic (exact) mass is 177 g/mol. The summed E-state index contributed by atoms with van der Waals surface area (Å²) >= 11 is 0. The van der Waals surface area contributed by atoms with Gasteiger partial charge in [-0.05, 0) is 32.3 Å². The lowest BCUT2D eigenvalue weighted by Gasteiger charge is -2.19. The van der Waals surface area contributed by atoms with Crippen LogP contribution in [0.1, 0.15) is 25.3 Å². The van der Waals surface area contributed by atoms with Crippen molar-refractivity contribution in [2.75, 3.05) is 11.4 Å². The molecule has 0 N–H and O–H groups in total. The van der Waals surface area contributed by atoms with E-state index in [1.165, 1.54) is 12.8 Å². The Labute approximate surface area is 78.8 Å². The third-order valence-electron chi connectivity index (χ3n) is 2.35. The summed E-state index contributed by atoms with van der Waals surface area (Å²) in [5.41, 5.74) is 1.12. The molecule has 0 radical (unpaired) electrons. The molecule has 0 unspecified atom stereocenters. The maximum Gasteiger partial charge on any atom is 0.225 e. The van der Waals surface area contributed by atoms with Gasteiger partial charge in [0.1, 0.15) is 0 Å². The second-order valence-electron chi connectivity index (χ2n) is 3.58. The fourth-order valence-corrected chi connectivity index (χ4v) is 1.48. The van der Waals surface area contributed by atoms with Gasteiger partial charge in [0.25, 0.3) is 0 Å². The SMILES string of the molecule is CCN(c1ncc(C)cn1)C1CC1. The summed E-state index contributed by atoms with van der Waals surface area (Å²) in [6, 6.07) is 0.702. The van der Waals surface area contributed by atoms with Gasteiger partial charge in [0.05, 0.1) is 0 Å². The van der Waals surface area contributed by atoms with Crippen LogP contribution in [0.25, 0.3) is 0 Å². The first-order valence-corrected chi connectivity index (χ1v) is 4.86. The van der Waals surface area contributed by atoms with Crippen molar-refractivity contribution in [3.63, 3.8) is 0 Å².